The van der Waals surface area contributed by atoms with E-state index >= 15 is 0 Å². The molecule has 2 nitrogen and oxygen atoms in total. The molecule has 2 aromatic heterocycles. The van der Waals surface area contributed by atoms with Crippen molar-refractivity contribution in [3.05, 3.63) is 96.7 Å². The number of aromatic nitrogens is 2. The highest BCUT2D eigenvalue weighted by molar-refractivity contribution is 6.13. The highest BCUT2D eigenvalue weighted by atomic mass is 14.8. The number of hydrogen-bond donors (Lipinski definition) is 0. The van der Waals surface area contributed by atoms with Crippen molar-refractivity contribution in [3.8, 4) is 22.5 Å². The summed E-state index contributed by atoms with van der Waals surface area (Å²) in [5.74, 6) is 0. The number of benzene rings is 3. The molecule has 128 valence electrons. The Labute approximate surface area is 158 Å². The normalized spacial score (nSPS) is 11.1. The summed E-state index contributed by atoms with van der Waals surface area (Å²) in [5.41, 5.74) is 6.42. The molecule has 5 rings (SSSR count). The van der Waals surface area contributed by atoms with Crippen LogP contribution in [0.25, 0.3) is 44.2 Å². The second kappa shape index (κ2) is 6.33. The lowest BCUT2D eigenvalue weighted by Crippen LogP contribution is -1.92. The van der Waals surface area contributed by atoms with E-state index in [4.69, 9.17) is 4.98 Å². The number of nitrogens with zero attached hydrogens (tertiary/aromatic N) is 2. The predicted molar refractivity (Wildman–Crippen MR) is 113 cm³/mol. The third-order valence-electron chi connectivity index (χ3n) is 4.99. The van der Waals surface area contributed by atoms with Gasteiger partial charge in [0.2, 0.25) is 0 Å². The second-order valence-electron chi connectivity index (χ2n) is 6.82. The van der Waals surface area contributed by atoms with Crippen LogP contribution in [0.1, 0.15) is 5.56 Å². The Hall–Kier alpha value is -3.52. The molecule has 0 saturated carbocycles. The maximum Gasteiger partial charge on any atom is 0.0900 e. The quantitative estimate of drug-likeness (QED) is 0.344. The van der Waals surface area contributed by atoms with Crippen LogP contribution >= 0.6 is 0 Å². The van der Waals surface area contributed by atoms with Crippen molar-refractivity contribution in [3.63, 3.8) is 0 Å². The first kappa shape index (κ1) is 15.7. The lowest BCUT2D eigenvalue weighted by molar-refractivity contribution is 1.28. The van der Waals surface area contributed by atoms with Crippen LogP contribution in [0.2, 0.25) is 0 Å². The van der Waals surface area contributed by atoms with Crippen LogP contribution in [0.4, 0.5) is 0 Å². The number of aryl methyl sites for hydroxylation is 1. The number of rotatable bonds is 2. The van der Waals surface area contributed by atoms with Crippen molar-refractivity contribution < 1.29 is 0 Å². The second-order valence-corrected chi connectivity index (χ2v) is 6.82. The minimum absolute atomic E-state index is 0.890. The van der Waals surface area contributed by atoms with E-state index in [1.165, 1.54) is 32.8 Å². The van der Waals surface area contributed by atoms with Gasteiger partial charge in [0.1, 0.15) is 0 Å². The van der Waals surface area contributed by atoms with Crippen LogP contribution < -0.4 is 0 Å². The van der Waals surface area contributed by atoms with E-state index in [0.717, 1.165) is 16.9 Å². The van der Waals surface area contributed by atoms with E-state index < -0.39 is 0 Å². The predicted octanol–water partition coefficient (Wildman–Crippen LogP) is 6.43. The smallest absolute Gasteiger partial charge is 0.0900 e. The fourth-order valence-electron chi connectivity index (χ4n) is 3.61. The topological polar surface area (TPSA) is 25.8 Å². The van der Waals surface area contributed by atoms with Crippen molar-refractivity contribution >= 4 is 21.7 Å². The summed E-state index contributed by atoms with van der Waals surface area (Å²) < 4.78 is 0. The molecule has 0 aliphatic rings. The average Bonchev–Trinajstić information content (AvgIpc) is 2.74. The maximum absolute atomic E-state index is 4.94. The van der Waals surface area contributed by atoms with Crippen molar-refractivity contribution in [2.75, 3.05) is 0 Å². The molecule has 0 atom stereocenters. The van der Waals surface area contributed by atoms with E-state index in [0.29, 0.717) is 0 Å². The Bertz CT molecular complexity index is 1260. The fourth-order valence-corrected chi connectivity index (χ4v) is 3.61. The Morgan fingerprint density at radius 3 is 2.33 bits per heavy atom. The standard InChI is InChI=1S/C25H18N2/c1-17-9-11-19(12-10-17)21-16-24(22-8-4-5-15-26-22)27-23-14-13-18-6-2-3-7-20(18)25(21)23/h2-16H,1H3. The Morgan fingerprint density at radius 2 is 1.52 bits per heavy atom. The summed E-state index contributed by atoms with van der Waals surface area (Å²) >= 11 is 0. The number of hydrogen-bond acceptors (Lipinski definition) is 2. The highest BCUT2D eigenvalue weighted by Crippen LogP contribution is 2.36. The first-order chi connectivity index (χ1) is 13.3. The van der Waals surface area contributed by atoms with E-state index in [2.05, 4.69) is 78.6 Å². The SMILES string of the molecule is Cc1ccc(-c2cc(-c3ccccn3)nc3ccc4ccccc4c23)cc1. The largest absolute Gasteiger partial charge is 0.255 e. The van der Waals surface area contributed by atoms with Crippen LogP contribution in [0.5, 0.6) is 0 Å². The lowest BCUT2D eigenvalue weighted by atomic mass is 9.95. The third-order valence-corrected chi connectivity index (χ3v) is 4.99. The van der Waals surface area contributed by atoms with Gasteiger partial charge in [-0.2, -0.15) is 0 Å². The molecular formula is C25H18N2. The zero-order valence-corrected chi connectivity index (χ0v) is 15.1. The van der Waals surface area contributed by atoms with Crippen LogP contribution in [-0.4, -0.2) is 9.97 Å². The molecule has 2 heteroatoms. The van der Waals surface area contributed by atoms with Gasteiger partial charge in [0.15, 0.2) is 0 Å². The monoisotopic (exact) mass is 346 g/mol. The van der Waals surface area contributed by atoms with Crippen molar-refractivity contribution in [1.82, 2.24) is 9.97 Å². The summed E-state index contributed by atoms with van der Waals surface area (Å²) in [5, 5.41) is 3.65. The summed E-state index contributed by atoms with van der Waals surface area (Å²) in [6, 6.07) is 29.6. The minimum Gasteiger partial charge on any atom is -0.255 e. The molecule has 0 spiro atoms. The molecule has 0 aliphatic carbocycles. The van der Waals surface area contributed by atoms with Crippen molar-refractivity contribution in [2.45, 2.75) is 6.92 Å². The highest BCUT2D eigenvalue weighted by Gasteiger charge is 2.12. The Kier molecular flexibility index (Phi) is 3.68. The number of fused-ring (bicyclic) bond motifs is 3. The molecule has 0 unspecified atom stereocenters. The van der Waals surface area contributed by atoms with Gasteiger partial charge in [-0.3, -0.25) is 4.98 Å². The van der Waals surface area contributed by atoms with Crippen LogP contribution in [0.15, 0.2) is 91.1 Å². The zero-order valence-electron chi connectivity index (χ0n) is 15.1. The molecule has 0 fully saturated rings. The molecule has 0 bridgehead atoms. The fraction of sp³-hybridized carbons (Fsp3) is 0.0400. The van der Waals surface area contributed by atoms with Gasteiger partial charge >= 0.3 is 0 Å². The van der Waals surface area contributed by atoms with Crippen molar-refractivity contribution in [2.24, 2.45) is 0 Å². The van der Waals surface area contributed by atoms with Gasteiger partial charge < -0.3 is 0 Å². The van der Waals surface area contributed by atoms with Gasteiger partial charge in [0.25, 0.3) is 0 Å². The van der Waals surface area contributed by atoms with E-state index in [1.807, 2.05) is 24.4 Å². The molecule has 0 amide bonds. The minimum atomic E-state index is 0.890. The molecule has 27 heavy (non-hydrogen) atoms. The molecule has 0 radical (unpaired) electrons. The first-order valence-electron chi connectivity index (χ1n) is 9.10. The van der Waals surface area contributed by atoms with E-state index in [9.17, 15) is 0 Å². The third kappa shape index (κ3) is 2.76. The van der Waals surface area contributed by atoms with Crippen molar-refractivity contribution in [1.29, 1.82) is 0 Å². The van der Waals surface area contributed by atoms with Crippen LogP contribution in [0.3, 0.4) is 0 Å². The molecule has 2 heterocycles. The molecule has 5 aromatic rings. The van der Waals surface area contributed by atoms with Gasteiger partial charge in [-0.1, -0.05) is 66.2 Å². The van der Waals surface area contributed by atoms with E-state index in [-0.39, 0.29) is 0 Å². The Morgan fingerprint density at radius 1 is 0.704 bits per heavy atom. The summed E-state index contributed by atoms with van der Waals surface area (Å²) in [4.78, 5) is 9.44. The maximum atomic E-state index is 4.94. The molecule has 0 N–H and O–H groups in total. The van der Waals surface area contributed by atoms with Gasteiger partial charge in [-0.05, 0) is 53.1 Å². The summed E-state index contributed by atoms with van der Waals surface area (Å²) in [7, 11) is 0. The molecular weight excluding hydrogens is 328 g/mol. The van der Waals surface area contributed by atoms with E-state index in [1.54, 1.807) is 0 Å². The number of pyridine rings is 2. The Balaban J connectivity index is 1.90. The van der Waals surface area contributed by atoms with Gasteiger partial charge in [-0.15, -0.1) is 0 Å². The van der Waals surface area contributed by atoms with Crippen LogP contribution in [0, 0.1) is 6.92 Å². The summed E-state index contributed by atoms with van der Waals surface area (Å²) in [6.45, 7) is 2.11. The first-order valence-corrected chi connectivity index (χ1v) is 9.10. The molecule has 3 aromatic carbocycles. The molecule has 0 saturated heterocycles. The van der Waals surface area contributed by atoms with Gasteiger partial charge in [0.05, 0.1) is 16.9 Å². The van der Waals surface area contributed by atoms with Gasteiger partial charge in [-0.25, -0.2) is 4.98 Å². The summed E-state index contributed by atoms with van der Waals surface area (Å²) in [6.07, 6.45) is 1.81. The lowest BCUT2D eigenvalue weighted by Gasteiger charge is -2.13. The molecule has 0 aliphatic heterocycles. The van der Waals surface area contributed by atoms with Crippen LogP contribution in [-0.2, 0) is 0 Å². The average molecular weight is 346 g/mol. The van der Waals surface area contributed by atoms with Gasteiger partial charge in [0, 0.05) is 11.6 Å². The zero-order chi connectivity index (χ0) is 18.2.